The van der Waals surface area contributed by atoms with Crippen LogP contribution in [-0.2, 0) is 0 Å². The zero-order valence-electron chi connectivity index (χ0n) is 15.4. The fraction of sp³-hybridized carbons (Fsp3) is 0.200. The van der Waals surface area contributed by atoms with Crippen LogP contribution in [0.5, 0.6) is 0 Å². The highest BCUT2D eigenvalue weighted by atomic mass is 35.5. The van der Waals surface area contributed by atoms with Crippen LogP contribution in [0.1, 0.15) is 28.1 Å². The first-order valence-electron chi connectivity index (χ1n) is 8.35. The Morgan fingerprint density at radius 1 is 1.00 bits per heavy atom. The summed E-state index contributed by atoms with van der Waals surface area (Å²) >= 11 is 18.3. The highest BCUT2D eigenvalue weighted by molar-refractivity contribution is 6.41. The molecule has 0 aliphatic rings. The number of nitrogens with zero attached hydrogens (tertiary/aromatic N) is 3. The van der Waals surface area contributed by atoms with E-state index in [1.54, 1.807) is 18.3 Å². The number of hydrazone groups is 1. The first-order chi connectivity index (χ1) is 12.8. The number of anilines is 1. The van der Waals surface area contributed by atoms with Crippen LogP contribution in [0.2, 0.25) is 15.1 Å². The van der Waals surface area contributed by atoms with Crippen LogP contribution in [0.4, 0.5) is 5.69 Å². The Balaban J connectivity index is 1.91. The summed E-state index contributed by atoms with van der Waals surface area (Å²) in [5, 5.41) is 10.2. The van der Waals surface area contributed by atoms with Gasteiger partial charge in [0.25, 0.3) is 0 Å². The third-order valence-corrected chi connectivity index (χ3v) is 5.12. The summed E-state index contributed by atoms with van der Waals surface area (Å²) in [5.74, 6) is 0. The van der Waals surface area contributed by atoms with Gasteiger partial charge in [-0.2, -0.15) is 10.2 Å². The molecule has 1 heterocycles. The standard InChI is InChI=1S/C20H19Cl3N4/c1-11-5-6-19(12(2)7-11)27-14(4)16(13(3)26-27)10-24-25-20-17(22)8-15(21)9-18(20)23/h5-10,25H,1-4H3/b24-10+. The third-order valence-electron chi connectivity index (χ3n) is 4.30. The SMILES string of the molecule is Cc1ccc(-n2nc(C)c(/C=N/Nc3c(Cl)cc(Cl)cc3Cl)c2C)c(C)c1. The molecule has 0 bridgehead atoms. The van der Waals surface area contributed by atoms with Gasteiger partial charge in [-0.15, -0.1) is 0 Å². The molecule has 0 amide bonds. The van der Waals surface area contributed by atoms with Crippen molar-refractivity contribution in [3.05, 3.63) is 73.5 Å². The second-order valence-electron chi connectivity index (χ2n) is 6.40. The molecule has 0 saturated heterocycles. The number of rotatable bonds is 4. The Morgan fingerprint density at radius 2 is 1.67 bits per heavy atom. The van der Waals surface area contributed by atoms with Gasteiger partial charge >= 0.3 is 0 Å². The van der Waals surface area contributed by atoms with E-state index in [2.05, 4.69) is 47.7 Å². The van der Waals surface area contributed by atoms with Gasteiger partial charge in [0.05, 0.1) is 39.0 Å². The summed E-state index contributed by atoms with van der Waals surface area (Å²) in [6.07, 6.45) is 1.72. The molecule has 0 radical (unpaired) electrons. The summed E-state index contributed by atoms with van der Waals surface area (Å²) in [4.78, 5) is 0. The summed E-state index contributed by atoms with van der Waals surface area (Å²) in [7, 11) is 0. The molecule has 0 spiro atoms. The Kier molecular flexibility index (Phi) is 5.80. The Hall–Kier alpha value is -2.01. The minimum absolute atomic E-state index is 0.407. The molecule has 3 rings (SSSR count). The van der Waals surface area contributed by atoms with Crippen LogP contribution in [0.25, 0.3) is 5.69 Å². The molecule has 1 aromatic heterocycles. The van der Waals surface area contributed by atoms with Gasteiger partial charge in [0, 0.05) is 10.6 Å². The van der Waals surface area contributed by atoms with Crippen molar-refractivity contribution < 1.29 is 0 Å². The minimum Gasteiger partial charge on any atom is -0.275 e. The van der Waals surface area contributed by atoms with E-state index in [-0.39, 0.29) is 0 Å². The fourth-order valence-corrected chi connectivity index (χ4v) is 3.83. The highest BCUT2D eigenvalue weighted by Gasteiger charge is 2.13. The number of hydrogen-bond acceptors (Lipinski definition) is 3. The summed E-state index contributed by atoms with van der Waals surface area (Å²) < 4.78 is 1.94. The fourth-order valence-electron chi connectivity index (χ4n) is 2.93. The van der Waals surface area contributed by atoms with E-state index < -0.39 is 0 Å². The molecule has 1 N–H and O–H groups in total. The van der Waals surface area contributed by atoms with Crippen molar-refractivity contribution in [3.63, 3.8) is 0 Å². The van der Waals surface area contributed by atoms with Crippen LogP contribution in [-0.4, -0.2) is 16.0 Å². The van der Waals surface area contributed by atoms with Crippen molar-refractivity contribution in [2.24, 2.45) is 5.10 Å². The Labute approximate surface area is 173 Å². The number of benzene rings is 2. The zero-order valence-corrected chi connectivity index (χ0v) is 17.7. The van der Waals surface area contributed by atoms with Crippen molar-refractivity contribution in [3.8, 4) is 5.69 Å². The van der Waals surface area contributed by atoms with Gasteiger partial charge in [-0.3, -0.25) is 5.43 Å². The van der Waals surface area contributed by atoms with Gasteiger partial charge < -0.3 is 0 Å². The molecule has 27 heavy (non-hydrogen) atoms. The number of nitrogens with one attached hydrogen (secondary N) is 1. The average Bonchev–Trinajstić information content (AvgIpc) is 2.85. The third kappa shape index (κ3) is 4.13. The normalized spacial score (nSPS) is 11.4. The van der Waals surface area contributed by atoms with Crippen LogP contribution in [0.15, 0.2) is 35.4 Å². The number of hydrogen-bond donors (Lipinski definition) is 1. The molecule has 0 atom stereocenters. The van der Waals surface area contributed by atoms with E-state index >= 15 is 0 Å². The lowest BCUT2D eigenvalue weighted by atomic mass is 10.1. The van der Waals surface area contributed by atoms with Crippen LogP contribution in [0.3, 0.4) is 0 Å². The van der Waals surface area contributed by atoms with Gasteiger partial charge in [-0.25, -0.2) is 4.68 Å². The maximum Gasteiger partial charge on any atom is 0.0935 e. The predicted octanol–water partition coefficient (Wildman–Crippen LogP) is 6.51. The topological polar surface area (TPSA) is 42.2 Å². The Bertz CT molecular complexity index is 1010. The van der Waals surface area contributed by atoms with Crippen LogP contribution in [0, 0.1) is 27.7 Å². The smallest absolute Gasteiger partial charge is 0.0935 e. The average molecular weight is 422 g/mol. The molecule has 3 aromatic rings. The lowest BCUT2D eigenvalue weighted by Crippen LogP contribution is -2.02. The lowest BCUT2D eigenvalue weighted by molar-refractivity contribution is 0.827. The maximum atomic E-state index is 6.17. The van der Waals surface area contributed by atoms with E-state index in [0.29, 0.717) is 20.8 Å². The number of aromatic nitrogens is 2. The maximum absolute atomic E-state index is 6.17. The minimum atomic E-state index is 0.407. The molecular formula is C20H19Cl3N4. The largest absolute Gasteiger partial charge is 0.275 e. The van der Waals surface area contributed by atoms with E-state index in [9.17, 15) is 0 Å². The second-order valence-corrected chi connectivity index (χ2v) is 7.65. The molecule has 140 valence electrons. The number of aryl methyl sites for hydroxylation is 3. The molecule has 0 saturated carbocycles. The predicted molar refractivity (Wildman–Crippen MR) is 115 cm³/mol. The van der Waals surface area contributed by atoms with Crippen molar-refractivity contribution in [1.29, 1.82) is 0 Å². The molecule has 0 aliphatic heterocycles. The van der Waals surface area contributed by atoms with Crippen molar-refractivity contribution in [1.82, 2.24) is 9.78 Å². The highest BCUT2D eigenvalue weighted by Crippen LogP contribution is 2.33. The molecule has 0 fully saturated rings. The van der Waals surface area contributed by atoms with Crippen molar-refractivity contribution in [2.45, 2.75) is 27.7 Å². The van der Waals surface area contributed by atoms with Gasteiger partial charge in [0.15, 0.2) is 0 Å². The van der Waals surface area contributed by atoms with Crippen molar-refractivity contribution in [2.75, 3.05) is 5.43 Å². The Morgan fingerprint density at radius 3 is 2.30 bits per heavy atom. The first-order valence-corrected chi connectivity index (χ1v) is 9.48. The molecule has 2 aromatic carbocycles. The summed E-state index contributed by atoms with van der Waals surface area (Å²) in [6, 6.07) is 9.53. The number of halogens is 3. The van der Waals surface area contributed by atoms with E-state index in [0.717, 1.165) is 22.6 Å². The summed E-state index contributed by atoms with van der Waals surface area (Å²) in [6.45, 7) is 8.13. The quantitative estimate of drug-likeness (QED) is 0.385. The zero-order chi connectivity index (χ0) is 19.7. The van der Waals surface area contributed by atoms with Crippen molar-refractivity contribution >= 4 is 46.7 Å². The lowest BCUT2D eigenvalue weighted by Gasteiger charge is -2.09. The molecule has 7 heteroatoms. The van der Waals surface area contributed by atoms with E-state index in [4.69, 9.17) is 34.8 Å². The monoisotopic (exact) mass is 420 g/mol. The van der Waals surface area contributed by atoms with Crippen LogP contribution >= 0.6 is 34.8 Å². The first kappa shape index (κ1) is 19.7. The van der Waals surface area contributed by atoms with E-state index in [1.165, 1.54) is 11.1 Å². The van der Waals surface area contributed by atoms with Gasteiger partial charge in [-0.1, -0.05) is 52.5 Å². The summed E-state index contributed by atoms with van der Waals surface area (Å²) in [5.41, 5.74) is 9.66. The van der Waals surface area contributed by atoms with E-state index in [1.807, 2.05) is 18.5 Å². The van der Waals surface area contributed by atoms with Crippen LogP contribution < -0.4 is 5.43 Å². The van der Waals surface area contributed by atoms with Gasteiger partial charge in [0.1, 0.15) is 0 Å². The molecule has 4 nitrogen and oxygen atoms in total. The second kappa shape index (κ2) is 7.93. The molecular weight excluding hydrogens is 403 g/mol. The molecule has 0 unspecified atom stereocenters. The molecule has 0 aliphatic carbocycles. The van der Waals surface area contributed by atoms with Gasteiger partial charge in [-0.05, 0) is 51.5 Å². The van der Waals surface area contributed by atoms with Gasteiger partial charge in [0.2, 0.25) is 0 Å².